The lowest BCUT2D eigenvalue weighted by Crippen LogP contribution is -2.24. The first-order chi connectivity index (χ1) is 29.0. The van der Waals surface area contributed by atoms with E-state index in [1.807, 2.05) is 0 Å². The molecule has 0 bridgehead atoms. The van der Waals surface area contributed by atoms with Gasteiger partial charge in [-0.2, -0.15) is 0 Å². The van der Waals surface area contributed by atoms with Crippen molar-refractivity contribution in [3.63, 3.8) is 0 Å². The van der Waals surface area contributed by atoms with Crippen LogP contribution in [0.4, 0.5) is 22.7 Å². The summed E-state index contributed by atoms with van der Waals surface area (Å²) < 4.78 is 0. The molecule has 286 valence electrons. The monoisotopic (exact) mass is 760 g/mol. The van der Waals surface area contributed by atoms with E-state index in [0.717, 1.165) is 51.6 Å². The summed E-state index contributed by atoms with van der Waals surface area (Å²) in [5, 5.41) is 7.76. The zero-order valence-electron chi connectivity index (χ0n) is 34.1. The normalized spacial score (nSPS) is 16.7. The molecule has 0 spiro atoms. The van der Waals surface area contributed by atoms with Crippen molar-refractivity contribution < 1.29 is 0 Å². The number of nitrogens with zero attached hydrogens (tertiary/aromatic N) is 2. The topological polar surface area (TPSA) is 6.48 Å². The van der Waals surface area contributed by atoms with Crippen LogP contribution in [0.15, 0.2) is 163 Å². The zero-order valence-corrected chi connectivity index (χ0v) is 34.1. The highest BCUT2D eigenvalue weighted by Gasteiger charge is 2.37. The lowest BCUT2D eigenvalue weighted by atomic mass is 9.79. The molecular weight excluding hydrogens is 713 g/mol. The molecule has 2 heterocycles. The third-order valence-corrected chi connectivity index (χ3v) is 14.1. The van der Waals surface area contributed by atoms with E-state index in [4.69, 9.17) is 0 Å². The predicted molar refractivity (Wildman–Crippen MR) is 252 cm³/mol. The highest BCUT2D eigenvalue weighted by molar-refractivity contribution is 6.23. The Bertz CT molecular complexity index is 3100. The number of rotatable bonds is 4. The summed E-state index contributed by atoms with van der Waals surface area (Å²) in [6.07, 6.45) is 11.5. The average molecular weight is 761 g/mol. The number of aryl methyl sites for hydroxylation is 2. The van der Waals surface area contributed by atoms with Crippen LogP contribution in [0.3, 0.4) is 0 Å². The molecular formula is C57H48N2. The first-order valence-corrected chi connectivity index (χ1v) is 21.8. The molecule has 0 fully saturated rings. The van der Waals surface area contributed by atoms with E-state index < -0.39 is 0 Å². The van der Waals surface area contributed by atoms with Gasteiger partial charge >= 0.3 is 0 Å². The van der Waals surface area contributed by atoms with Gasteiger partial charge in [-0.15, -0.1) is 0 Å². The van der Waals surface area contributed by atoms with Crippen molar-refractivity contribution in [3.05, 3.63) is 186 Å². The molecule has 0 amide bonds. The zero-order chi connectivity index (χ0) is 39.2. The third kappa shape index (κ3) is 5.39. The number of benzene rings is 8. The van der Waals surface area contributed by atoms with Crippen molar-refractivity contribution >= 4 is 60.6 Å². The number of fused-ring (bicyclic) bond motifs is 7. The van der Waals surface area contributed by atoms with E-state index in [0.29, 0.717) is 0 Å². The van der Waals surface area contributed by atoms with E-state index in [9.17, 15) is 0 Å². The van der Waals surface area contributed by atoms with Gasteiger partial charge in [0.25, 0.3) is 0 Å². The summed E-state index contributed by atoms with van der Waals surface area (Å²) in [5.41, 5.74) is 19.2. The van der Waals surface area contributed by atoms with Gasteiger partial charge in [-0.1, -0.05) is 123 Å². The van der Waals surface area contributed by atoms with Gasteiger partial charge in [-0.3, -0.25) is 0 Å². The molecule has 0 aromatic heterocycles. The lowest BCUT2D eigenvalue weighted by molar-refractivity contribution is 0.651. The molecule has 2 aliphatic heterocycles. The van der Waals surface area contributed by atoms with Gasteiger partial charge in [0.15, 0.2) is 0 Å². The SMILES string of the molecule is CC1(C)C2=C(CCC=C2)c2cc(-c3c4ccc(N5CCCc6ccccc65)cc4c(-c4ccc5ccccc5c4)c4ccc(N5CCCc6ccccc65)cc34)ccc21. The molecule has 8 aromatic carbocycles. The summed E-state index contributed by atoms with van der Waals surface area (Å²) in [6.45, 7) is 6.86. The molecule has 2 aliphatic carbocycles. The number of allylic oxidation sites excluding steroid dienone is 4. The molecule has 0 atom stereocenters. The molecule has 0 saturated carbocycles. The third-order valence-electron chi connectivity index (χ3n) is 14.1. The summed E-state index contributed by atoms with van der Waals surface area (Å²) in [4.78, 5) is 5.13. The molecule has 4 aliphatic rings. The van der Waals surface area contributed by atoms with Gasteiger partial charge in [-0.05, 0) is 175 Å². The number of hydrogen-bond acceptors (Lipinski definition) is 2. The fourth-order valence-corrected chi connectivity index (χ4v) is 11.3. The molecule has 0 saturated heterocycles. The minimum absolute atomic E-state index is 0.00134. The van der Waals surface area contributed by atoms with Crippen LogP contribution in [0.5, 0.6) is 0 Å². The molecule has 2 nitrogen and oxygen atoms in total. The quantitative estimate of drug-likeness (QED) is 0.165. The minimum Gasteiger partial charge on any atom is -0.341 e. The molecule has 2 heteroatoms. The Morgan fingerprint density at radius 1 is 0.492 bits per heavy atom. The van der Waals surface area contributed by atoms with Gasteiger partial charge in [-0.25, -0.2) is 0 Å². The van der Waals surface area contributed by atoms with Crippen LogP contribution >= 0.6 is 0 Å². The van der Waals surface area contributed by atoms with Crippen molar-refractivity contribution in [3.8, 4) is 22.3 Å². The van der Waals surface area contributed by atoms with E-state index >= 15 is 0 Å². The van der Waals surface area contributed by atoms with Crippen molar-refractivity contribution in [2.75, 3.05) is 22.9 Å². The van der Waals surface area contributed by atoms with Gasteiger partial charge in [0, 0.05) is 41.3 Å². The summed E-state index contributed by atoms with van der Waals surface area (Å²) in [6, 6.07) is 56.1. The maximum atomic E-state index is 2.56. The molecule has 0 radical (unpaired) electrons. The Morgan fingerprint density at radius 2 is 1.07 bits per heavy atom. The van der Waals surface area contributed by atoms with Crippen LogP contribution in [-0.4, -0.2) is 13.1 Å². The number of hydrogen-bond donors (Lipinski definition) is 0. The summed E-state index contributed by atoms with van der Waals surface area (Å²) >= 11 is 0. The maximum Gasteiger partial charge on any atom is 0.0443 e. The predicted octanol–water partition coefficient (Wildman–Crippen LogP) is 15.0. The van der Waals surface area contributed by atoms with Crippen LogP contribution in [0.2, 0.25) is 0 Å². The highest BCUT2D eigenvalue weighted by Crippen LogP contribution is 2.53. The largest absolute Gasteiger partial charge is 0.341 e. The second kappa shape index (κ2) is 13.3. The van der Waals surface area contributed by atoms with Crippen molar-refractivity contribution in [2.45, 2.75) is 57.8 Å². The Morgan fingerprint density at radius 3 is 1.73 bits per heavy atom. The second-order valence-electron chi connectivity index (χ2n) is 17.8. The molecule has 59 heavy (non-hydrogen) atoms. The Kier molecular flexibility index (Phi) is 7.83. The van der Waals surface area contributed by atoms with Crippen LogP contribution in [0, 0.1) is 0 Å². The van der Waals surface area contributed by atoms with E-state index in [2.05, 4.69) is 181 Å². The smallest absolute Gasteiger partial charge is 0.0443 e. The van der Waals surface area contributed by atoms with Crippen molar-refractivity contribution in [2.24, 2.45) is 0 Å². The highest BCUT2D eigenvalue weighted by atomic mass is 15.1. The Hall–Kier alpha value is -6.38. The van der Waals surface area contributed by atoms with Crippen LogP contribution in [0.1, 0.15) is 61.8 Å². The van der Waals surface area contributed by atoms with Crippen LogP contribution in [-0.2, 0) is 18.3 Å². The van der Waals surface area contributed by atoms with Crippen LogP contribution < -0.4 is 9.80 Å². The fraction of sp³-hybridized carbons (Fsp3) is 0.193. The standard InChI is InChI=1S/C57H48N2/c1-57(2)51-20-8-7-19-45(51)48-34-42(25-30-52(48)57)56-47-29-27-43(58-31-11-17-38-14-5-9-21-53(38)58)35-49(47)55(41-24-23-37-13-3-4-16-40(37)33-41)46-28-26-44(36-50(46)56)59-32-12-18-39-15-6-10-22-54(39)59/h3-6,8-10,13-16,20-30,33-36H,7,11-12,17-19,31-32H2,1-2H3. The molecule has 0 unspecified atom stereocenters. The van der Waals surface area contributed by atoms with Gasteiger partial charge in [0.05, 0.1) is 0 Å². The van der Waals surface area contributed by atoms with Gasteiger partial charge in [0.2, 0.25) is 0 Å². The number of anilines is 4. The lowest BCUT2D eigenvalue weighted by Gasteiger charge is -2.32. The molecule has 8 aromatic rings. The second-order valence-corrected chi connectivity index (χ2v) is 17.8. The summed E-state index contributed by atoms with van der Waals surface area (Å²) in [5.74, 6) is 0. The fourth-order valence-electron chi connectivity index (χ4n) is 11.3. The first-order valence-electron chi connectivity index (χ1n) is 21.8. The van der Waals surface area contributed by atoms with Gasteiger partial charge < -0.3 is 9.80 Å². The van der Waals surface area contributed by atoms with Gasteiger partial charge in [0.1, 0.15) is 0 Å². The molecule has 0 N–H and O–H groups in total. The average Bonchev–Trinajstić information content (AvgIpc) is 3.52. The first kappa shape index (κ1) is 34.6. The minimum atomic E-state index is -0.00134. The Labute approximate surface area is 347 Å². The van der Waals surface area contributed by atoms with Crippen LogP contribution in [0.25, 0.3) is 60.1 Å². The van der Waals surface area contributed by atoms with E-state index in [1.54, 1.807) is 0 Å². The number of para-hydroxylation sites is 2. The van der Waals surface area contributed by atoms with Crippen molar-refractivity contribution in [1.29, 1.82) is 0 Å². The Balaban J connectivity index is 1.17. The van der Waals surface area contributed by atoms with E-state index in [1.165, 1.54) is 111 Å². The summed E-state index contributed by atoms with van der Waals surface area (Å²) in [7, 11) is 0. The molecule has 12 rings (SSSR count). The maximum absolute atomic E-state index is 2.56. The van der Waals surface area contributed by atoms with E-state index in [-0.39, 0.29) is 5.41 Å². The van der Waals surface area contributed by atoms with Crippen molar-refractivity contribution in [1.82, 2.24) is 0 Å².